The first-order valence-corrected chi connectivity index (χ1v) is 9.52. The maximum Gasteiger partial charge on any atom is 0.340 e. The molecule has 3 rings (SSSR count). The summed E-state index contributed by atoms with van der Waals surface area (Å²) in [6, 6.07) is 0.210. The van der Waals surface area contributed by atoms with Crippen molar-refractivity contribution in [3.8, 4) is 0 Å². The minimum atomic E-state index is -0.295. The van der Waals surface area contributed by atoms with Crippen LogP contribution in [0.25, 0.3) is 0 Å². The Hall–Kier alpha value is -1.63. The van der Waals surface area contributed by atoms with Gasteiger partial charge in [0.05, 0.1) is 6.04 Å². The van der Waals surface area contributed by atoms with Crippen molar-refractivity contribution in [2.75, 3.05) is 26.2 Å². The van der Waals surface area contributed by atoms with Crippen LogP contribution < -0.4 is 5.69 Å². The zero-order valence-electron chi connectivity index (χ0n) is 15.7. The predicted molar refractivity (Wildman–Crippen MR) is 96.1 cm³/mol. The van der Waals surface area contributed by atoms with Gasteiger partial charge in [-0.25, -0.2) is 9.89 Å². The van der Waals surface area contributed by atoms with Crippen LogP contribution in [-0.4, -0.2) is 57.1 Å². The Kier molecular flexibility index (Phi) is 5.32. The van der Waals surface area contributed by atoms with Gasteiger partial charge >= 0.3 is 5.69 Å². The Morgan fingerprint density at radius 2 is 1.88 bits per heavy atom. The minimum Gasteiger partial charge on any atom is -0.342 e. The molecular weight excluding hydrogens is 318 g/mol. The number of nitrogens with one attached hydrogen (secondary N) is 2. The molecule has 140 valence electrons. The summed E-state index contributed by atoms with van der Waals surface area (Å²) in [7, 11) is 0. The van der Waals surface area contributed by atoms with Crippen LogP contribution in [0.4, 0.5) is 0 Å². The van der Waals surface area contributed by atoms with Crippen LogP contribution in [0.15, 0.2) is 4.79 Å². The highest BCUT2D eigenvalue weighted by Crippen LogP contribution is 2.31. The number of hydrogen-bond donors (Lipinski definition) is 2. The Labute approximate surface area is 149 Å². The van der Waals surface area contributed by atoms with E-state index in [1.165, 1.54) is 12.8 Å². The van der Waals surface area contributed by atoms with E-state index in [1.807, 2.05) is 25.7 Å². The van der Waals surface area contributed by atoms with Gasteiger partial charge in [0, 0.05) is 25.0 Å². The van der Waals surface area contributed by atoms with E-state index in [0.29, 0.717) is 5.92 Å². The van der Waals surface area contributed by atoms with E-state index in [1.54, 1.807) is 0 Å². The zero-order chi connectivity index (χ0) is 18.0. The lowest BCUT2D eigenvalue weighted by atomic mass is 9.90. The average Bonchev–Trinajstić information content (AvgIpc) is 3.01. The third-order valence-corrected chi connectivity index (χ3v) is 5.48. The number of hydrogen-bond acceptors (Lipinski definition) is 4. The van der Waals surface area contributed by atoms with Gasteiger partial charge in [-0.05, 0) is 38.1 Å². The first-order chi connectivity index (χ1) is 11.8. The molecule has 25 heavy (non-hydrogen) atoms. The van der Waals surface area contributed by atoms with Crippen LogP contribution in [0, 0.1) is 11.3 Å². The van der Waals surface area contributed by atoms with Gasteiger partial charge in [0.1, 0.15) is 5.82 Å². The van der Waals surface area contributed by atoms with Gasteiger partial charge in [0.15, 0.2) is 0 Å². The van der Waals surface area contributed by atoms with Crippen LogP contribution in [0.1, 0.15) is 64.7 Å². The highest BCUT2D eigenvalue weighted by atomic mass is 16.2. The smallest absolute Gasteiger partial charge is 0.340 e. The number of carbonyl (C=O) groups is 1. The van der Waals surface area contributed by atoms with E-state index in [4.69, 9.17) is 0 Å². The van der Waals surface area contributed by atoms with Gasteiger partial charge < -0.3 is 4.90 Å². The molecule has 3 heterocycles. The average molecular weight is 349 g/mol. The van der Waals surface area contributed by atoms with E-state index >= 15 is 0 Å². The fourth-order valence-corrected chi connectivity index (χ4v) is 4.08. The molecular formula is C18H31N5O2. The molecule has 0 bridgehead atoms. The third-order valence-electron chi connectivity index (χ3n) is 5.48. The Morgan fingerprint density at radius 3 is 2.48 bits per heavy atom. The monoisotopic (exact) mass is 349 g/mol. The van der Waals surface area contributed by atoms with Crippen LogP contribution in [-0.2, 0) is 4.79 Å². The van der Waals surface area contributed by atoms with Gasteiger partial charge in [0.2, 0.25) is 5.91 Å². The molecule has 7 nitrogen and oxygen atoms in total. The molecule has 2 aliphatic heterocycles. The van der Waals surface area contributed by atoms with E-state index in [-0.39, 0.29) is 23.1 Å². The number of nitrogens with zero attached hydrogens (tertiary/aromatic N) is 3. The minimum absolute atomic E-state index is 0.210. The molecule has 0 aromatic carbocycles. The first kappa shape index (κ1) is 18.2. The number of rotatable bonds is 3. The van der Waals surface area contributed by atoms with Crippen LogP contribution in [0.2, 0.25) is 0 Å². The fourth-order valence-electron chi connectivity index (χ4n) is 4.08. The molecule has 2 fully saturated rings. The molecule has 1 aromatic rings. The second-order valence-electron chi connectivity index (χ2n) is 8.56. The molecule has 0 aliphatic carbocycles. The number of piperidine rings is 2. The zero-order valence-corrected chi connectivity index (χ0v) is 15.7. The maximum absolute atomic E-state index is 12.4. The van der Waals surface area contributed by atoms with E-state index in [2.05, 4.69) is 20.1 Å². The van der Waals surface area contributed by atoms with Crippen molar-refractivity contribution in [3.63, 3.8) is 0 Å². The van der Waals surface area contributed by atoms with Crippen molar-refractivity contribution in [1.29, 1.82) is 0 Å². The molecule has 0 radical (unpaired) electrons. The lowest BCUT2D eigenvalue weighted by molar-refractivity contribution is -0.141. The molecule has 1 unspecified atom stereocenters. The lowest BCUT2D eigenvalue weighted by Crippen LogP contribution is -2.46. The van der Waals surface area contributed by atoms with Crippen molar-refractivity contribution in [2.24, 2.45) is 11.3 Å². The summed E-state index contributed by atoms with van der Waals surface area (Å²) in [4.78, 5) is 31.1. The molecule has 1 aromatic heterocycles. The Morgan fingerprint density at radius 1 is 1.16 bits per heavy atom. The molecule has 7 heteroatoms. The lowest BCUT2D eigenvalue weighted by Gasteiger charge is -2.40. The fraction of sp³-hybridized carbons (Fsp3) is 0.833. The van der Waals surface area contributed by atoms with Crippen molar-refractivity contribution < 1.29 is 4.79 Å². The summed E-state index contributed by atoms with van der Waals surface area (Å²) in [5, 5.41) is 6.65. The molecule has 0 spiro atoms. The van der Waals surface area contributed by atoms with Gasteiger partial charge in [-0.1, -0.05) is 27.2 Å². The highest BCUT2D eigenvalue weighted by Gasteiger charge is 2.33. The van der Waals surface area contributed by atoms with Crippen molar-refractivity contribution >= 4 is 5.91 Å². The second kappa shape index (κ2) is 7.32. The standard InChI is InChI=1S/C18H31N5O2/c1-18(2,3)16(24)22-10-7-13(8-11-22)12-23-9-5-4-6-14(23)15-19-17(25)21-20-15/h13-14H,4-12H2,1-3H3,(H2,19,20,21,25). The molecule has 0 saturated carbocycles. The summed E-state index contributed by atoms with van der Waals surface area (Å²) in [6.07, 6.45) is 5.54. The largest absolute Gasteiger partial charge is 0.342 e. The van der Waals surface area contributed by atoms with Gasteiger partial charge in [-0.3, -0.25) is 14.7 Å². The molecule has 2 N–H and O–H groups in total. The highest BCUT2D eigenvalue weighted by molar-refractivity contribution is 5.81. The molecule has 1 amide bonds. The second-order valence-corrected chi connectivity index (χ2v) is 8.56. The number of amides is 1. The van der Waals surface area contributed by atoms with Gasteiger partial charge in [-0.2, -0.15) is 5.10 Å². The SMILES string of the molecule is CC(C)(C)C(=O)N1CCC(CN2CCCCC2c2n[nH]c(=O)[nH]2)CC1. The summed E-state index contributed by atoms with van der Waals surface area (Å²) in [6.45, 7) is 9.77. The van der Waals surface area contributed by atoms with Crippen molar-refractivity contribution in [2.45, 2.75) is 58.9 Å². The van der Waals surface area contributed by atoms with Crippen molar-refractivity contribution in [1.82, 2.24) is 25.0 Å². The topological polar surface area (TPSA) is 85.1 Å². The van der Waals surface area contributed by atoms with Crippen LogP contribution in [0.3, 0.4) is 0 Å². The van der Waals surface area contributed by atoms with Crippen molar-refractivity contribution in [3.05, 3.63) is 16.3 Å². The van der Waals surface area contributed by atoms with Gasteiger partial charge in [0.25, 0.3) is 0 Å². The Balaban J connectivity index is 1.57. The third kappa shape index (κ3) is 4.32. The molecule has 2 saturated heterocycles. The van der Waals surface area contributed by atoms with Crippen LogP contribution >= 0.6 is 0 Å². The number of likely N-dealkylation sites (tertiary alicyclic amines) is 2. The Bertz CT molecular complexity index is 636. The maximum atomic E-state index is 12.4. The van der Waals surface area contributed by atoms with Crippen LogP contribution in [0.5, 0.6) is 0 Å². The number of carbonyl (C=O) groups excluding carboxylic acids is 1. The van der Waals surface area contributed by atoms with E-state index in [9.17, 15) is 9.59 Å². The summed E-state index contributed by atoms with van der Waals surface area (Å²) in [5.74, 6) is 1.64. The molecule has 1 atom stereocenters. The normalized spacial score (nSPS) is 23.8. The number of aromatic nitrogens is 3. The quantitative estimate of drug-likeness (QED) is 0.873. The summed E-state index contributed by atoms with van der Waals surface area (Å²) in [5.41, 5.74) is -0.522. The molecule has 2 aliphatic rings. The number of H-pyrrole nitrogens is 2. The van der Waals surface area contributed by atoms with Gasteiger partial charge in [-0.15, -0.1) is 0 Å². The summed E-state index contributed by atoms with van der Waals surface area (Å²) < 4.78 is 0. The van der Waals surface area contributed by atoms with E-state index in [0.717, 1.165) is 51.3 Å². The van der Waals surface area contributed by atoms with E-state index < -0.39 is 0 Å². The summed E-state index contributed by atoms with van der Waals surface area (Å²) >= 11 is 0. The number of aromatic amines is 2. The first-order valence-electron chi connectivity index (χ1n) is 9.52. The predicted octanol–water partition coefficient (Wildman–Crippen LogP) is 1.91.